The van der Waals surface area contributed by atoms with Gasteiger partial charge in [-0.3, -0.25) is 4.72 Å². The number of aromatic nitrogens is 6. The molecule has 3 aromatic heterocycles. The molecule has 9 nitrogen and oxygen atoms in total. The fraction of sp³-hybridized carbons (Fsp3) is 0. The van der Waals surface area contributed by atoms with E-state index in [0.29, 0.717) is 5.82 Å². The molecule has 0 aromatic carbocycles. The number of H-pyrrole nitrogens is 1. The van der Waals surface area contributed by atoms with Crippen molar-refractivity contribution in [1.29, 1.82) is 0 Å². The summed E-state index contributed by atoms with van der Waals surface area (Å²) in [6.07, 6.45) is 6.80. The van der Waals surface area contributed by atoms with Crippen molar-refractivity contribution in [3.05, 3.63) is 43.5 Å². The van der Waals surface area contributed by atoms with E-state index in [-0.39, 0.29) is 10.7 Å². The molecule has 0 radical (unpaired) electrons. The molecule has 3 rings (SSSR count). The minimum atomic E-state index is -3.75. The van der Waals surface area contributed by atoms with Crippen molar-refractivity contribution in [2.24, 2.45) is 0 Å². The van der Waals surface area contributed by atoms with Crippen LogP contribution in [0.1, 0.15) is 0 Å². The van der Waals surface area contributed by atoms with E-state index in [1.807, 2.05) is 0 Å². The van der Waals surface area contributed by atoms with Crippen LogP contribution < -0.4 is 4.72 Å². The highest BCUT2D eigenvalue weighted by Gasteiger charge is 2.18. The predicted molar refractivity (Wildman–Crippen MR) is 68.6 cm³/mol. The van der Waals surface area contributed by atoms with Gasteiger partial charge in [-0.05, 0) is 12.1 Å². The SMILES string of the molecule is O=S(=O)(Nc1cccnc1-n1cncn1)c1cnc[nH]1. The number of imidazole rings is 1. The van der Waals surface area contributed by atoms with Gasteiger partial charge in [-0.1, -0.05) is 0 Å². The average Bonchev–Trinajstić information content (AvgIpc) is 3.13. The van der Waals surface area contributed by atoms with Gasteiger partial charge in [-0.15, -0.1) is 0 Å². The maximum Gasteiger partial charge on any atom is 0.279 e. The van der Waals surface area contributed by atoms with Crippen LogP contribution in [0.2, 0.25) is 0 Å². The molecule has 0 saturated heterocycles. The van der Waals surface area contributed by atoms with Gasteiger partial charge in [0, 0.05) is 6.20 Å². The molecule has 0 fully saturated rings. The van der Waals surface area contributed by atoms with E-state index >= 15 is 0 Å². The van der Waals surface area contributed by atoms with E-state index in [4.69, 9.17) is 0 Å². The highest BCUT2D eigenvalue weighted by Crippen LogP contribution is 2.19. The maximum absolute atomic E-state index is 12.1. The van der Waals surface area contributed by atoms with Crippen LogP contribution in [0, 0.1) is 0 Å². The average molecular weight is 291 g/mol. The number of sulfonamides is 1. The Bertz CT molecular complexity index is 796. The first-order chi connectivity index (χ1) is 9.67. The highest BCUT2D eigenvalue weighted by molar-refractivity contribution is 7.92. The summed E-state index contributed by atoms with van der Waals surface area (Å²) >= 11 is 0. The minimum absolute atomic E-state index is 0.0362. The largest absolute Gasteiger partial charge is 0.334 e. The van der Waals surface area contributed by atoms with Crippen LogP contribution in [-0.4, -0.2) is 38.1 Å². The van der Waals surface area contributed by atoms with E-state index in [1.165, 1.54) is 36.1 Å². The third-order valence-electron chi connectivity index (χ3n) is 2.43. The first-order valence-corrected chi connectivity index (χ1v) is 6.96. The second-order valence-corrected chi connectivity index (χ2v) is 5.39. The van der Waals surface area contributed by atoms with Gasteiger partial charge in [0.1, 0.15) is 12.7 Å². The van der Waals surface area contributed by atoms with Crippen molar-refractivity contribution in [2.45, 2.75) is 5.03 Å². The summed E-state index contributed by atoms with van der Waals surface area (Å²) in [6.45, 7) is 0. The number of aromatic amines is 1. The summed E-state index contributed by atoms with van der Waals surface area (Å²) in [5.74, 6) is 0.327. The van der Waals surface area contributed by atoms with Crippen molar-refractivity contribution in [2.75, 3.05) is 4.72 Å². The van der Waals surface area contributed by atoms with Crippen LogP contribution in [0.15, 0.2) is 48.5 Å². The molecule has 0 spiro atoms. The quantitative estimate of drug-likeness (QED) is 0.708. The lowest BCUT2D eigenvalue weighted by atomic mass is 10.4. The Morgan fingerprint density at radius 2 is 2.20 bits per heavy atom. The summed E-state index contributed by atoms with van der Waals surface area (Å²) in [7, 11) is -3.75. The standard InChI is InChI=1S/C10H9N7O2S/c18-20(19,9-4-11-5-14-9)16-8-2-1-3-13-10(8)17-7-12-6-15-17/h1-7,16H,(H,11,14). The molecule has 0 aliphatic heterocycles. The smallest absolute Gasteiger partial charge is 0.279 e. The van der Waals surface area contributed by atoms with Crippen LogP contribution >= 0.6 is 0 Å². The zero-order chi connectivity index (χ0) is 14.0. The summed E-state index contributed by atoms with van der Waals surface area (Å²) in [5.41, 5.74) is 0.285. The van der Waals surface area contributed by atoms with Crippen molar-refractivity contribution < 1.29 is 8.42 Å². The highest BCUT2D eigenvalue weighted by atomic mass is 32.2. The first-order valence-electron chi connectivity index (χ1n) is 5.48. The third-order valence-corrected chi connectivity index (χ3v) is 3.72. The van der Waals surface area contributed by atoms with Gasteiger partial charge in [-0.25, -0.2) is 19.6 Å². The number of rotatable bonds is 4. The lowest BCUT2D eigenvalue weighted by Gasteiger charge is -2.09. The molecule has 0 saturated carbocycles. The molecule has 0 unspecified atom stereocenters. The zero-order valence-electron chi connectivity index (χ0n) is 10.0. The van der Waals surface area contributed by atoms with E-state index in [1.54, 1.807) is 12.1 Å². The van der Waals surface area contributed by atoms with Gasteiger partial charge in [-0.2, -0.15) is 13.5 Å². The van der Waals surface area contributed by atoms with Crippen LogP contribution in [0.3, 0.4) is 0 Å². The van der Waals surface area contributed by atoms with Gasteiger partial charge in [0.25, 0.3) is 10.0 Å². The molecular formula is C10H9N7O2S. The molecule has 0 aliphatic rings. The number of nitrogens with one attached hydrogen (secondary N) is 2. The molecule has 102 valence electrons. The molecule has 3 heterocycles. The van der Waals surface area contributed by atoms with Crippen LogP contribution in [0.5, 0.6) is 0 Å². The molecule has 20 heavy (non-hydrogen) atoms. The fourth-order valence-electron chi connectivity index (χ4n) is 1.57. The number of hydrogen-bond acceptors (Lipinski definition) is 6. The Kier molecular flexibility index (Phi) is 2.91. The summed E-state index contributed by atoms with van der Waals surface area (Å²) in [4.78, 5) is 14.1. The summed E-state index contributed by atoms with van der Waals surface area (Å²) < 4.78 is 28.1. The van der Waals surface area contributed by atoms with Crippen molar-refractivity contribution >= 4 is 15.7 Å². The summed E-state index contributed by atoms with van der Waals surface area (Å²) in [6, 6.07) is 3.20. The van der Waals surface area contributed by atoms with E-state index in [9.17, 15) is 8.42 Å². The fourth-order valence-corrected chi connectivity index (χ4v) is 2.53. The second kappa shape index (κ2) is 4.74. The Morgan fingerprint density at radius 3 is 2.90 bits per heavy atom. The molecule has 10 heteroatoms. The van der Waals surface area contributed by atoms with Crippen LogP contribution in [-0.2, 0) is 10.0 Å². The number of nitrogens with zero attached hydrogens (tertiary/aromatic N) is 5. The topological polar surface area (TPSA) is 118 Å². The molecule has 0 amide bonds. The first kappa shape index (κ1) is 12.3. The molecule has 0 aliphatic carbocycles. The van der Waals surface area contributed by atoms with Gasteiger partial charge in [0.2, 0.25) is 0 Å². The normalized spacial score (nSPS) is 11.4. The van der Waals surface area contributed by atoms with Gasteiger partial charge in [0.15, 0.2) is 10.8 Å². The lowest BCUT2D eigenvalue weighted by molar-refractivity contribution is 0.598. The van der Waals surface area contributed by atoms with Gasteiger partial charge in [0.05, 0.1) is 18.2 Å². The third kappa shape index (κ3) is 2.23. The Labute approximate surface area is 113 Å². The number of pyridine rings is 1. The zero-order valence-corrected chi connectivity index (χ0v) is 10.8. The van der Waals surface area contributed by atoms with E-state index in [2.05, 4.69) is 29.8 Å². The lowest BCUT2D eigenvalue weighted by Crippen LogP contribution is -2.15. The minimum Gasteiger partial charge on any atom is -0.334 e. The van der Waals surface area contributed by atoms with Gasteiger partial charge < -0.3 is 4.98 Å². The van der Waals surface area contributed by atoms with Crippen LogP contribution in [0.25, 0.3) is 5.82 Å². The predicted octanol–water partition coefficient (Wildman–Crippen LogP) is 0.186. The van der Waals surface area contributed by atoms with Crippen molar-refractivity contribution in [3.8, 4) is 5.82 Å². The monoisotopic (exact) mass is 291 g/mol. The molecule has 0 bridgehead atoms. The van der Waals surface area contributed by atoms with E-state index < -0.39 is 10.0 Å². The molecule has 2 N–H and O–H groups in total. The number of hydrogen-bond donors (Lipinski definition) is 2. The molecule has 3 aromatic rings. The molecular weight excluding hydrogens is 282 g/mol. The maximum atomic E-state index is 12.1. The van der Waals surface area contributed by atoms with Crippen LogP contribution in [0.4, 0.5) is 5.69 Å². The van der Waals surface area contributed by atoms with Gasteiger partial charge >= 0.3 is 0 Å². The Morgan fingerprint density at radius 1 is 1.30 bits per heavy atom. The summed E-state index contributed by atoms with van der Waals surface area (Å²) in [5, 5.41) is 3.89. The Hall–Kier alpha value is -2.75. The second-order valence-electron chi connectivity index (χ2n) is 3.74. The molecule has 0 atom stereocenters. The van der Waals surface area contributed by atoms with Crippen molar-refractivity contribution in [1.82, 2.24) is 29.7 Å². The number of anilines is 1. The Balaban J connectivity index is 2.00. The van der Waals surface area contributed by atoms with E-state index in [0.717, 1.165) is 0 Å². The van der Waals surface area contributed by atoms with Crippen molar-refractivity contribution in [3.63, 3.8) is 0 Å².